The maximum absolute atomic E-state index is 14.7. The van der Waals surface area contributed by atoms with E-state index in [1.807, 2.05) is 13.8 Å². The van der Waals surface area contributed by atoms with Crippen molar-refractivity contribution in [2.45, 2.75) is 26.7 Å². The molecule has 6 nitrogen and oxygen atoms in total. The van der Waals surface area contributed by atoms with Gasteiger partial charge in [-0.1, -0.05) is 13.8 Å². The van der Waals surface area contributed by atoms with Crippen LogP contribution < -0.4 is 9.64 Å². The summed E-state index contributed by atoms with van der Waals surface area (Å²) in [5, 5.41) is 8.90. The first kappa shape index (κ1) is 20.0. The van der Waals surface area contributed by atoms with Crippen LogP contribution in [0.5, 0.6) is 5.88 Å². The first-order valence-electron chi connectivity index (χ1n) is 9.24. The highest BCUT2D eigenvalue weighted by Crippen LogP contribution is 2.33. The van der Waals surface area contributed by atoms with E-state index >= 15 is 0 Å². The van der Waals surface area contributed by atoms with Crippen molar-refractivity contribution in [3.05, 3.63) is 36.2 Å². The van der Waals surface area contributed by atoms with Crippen LogP contribution in [0.15, 0.2) is 24.5 Å². The van der Waals surface area contributed by atoms with Crippen molar-refractivity contribution in [2.24, 2.45) is 11.8 Å². The topological polar surface area (TPSA) is 75.5 Å². The van der Waals surface area contributed by atoms with Crippen molar-refractivity contribution in [3.8, 4) is 17.1 Å². The molecule has 3 rings (SSSR count). The Morgan fingerprint density at radius 1 is 1.32 bits per heavy atom. The molecular weight excluding hydrogens is 368 g/mol. The molecule has 1 aromatic carbocycles. The third-order valence-electron chi connectivity index (χ3n) is 4.56. The number of ether oxygens (including phenoxy) is 1. The predicted molar refractivity (Wildman–Crippen MR) is 100 cm³/mol. The number of carbonyl (C=O) groups is 1. The van der Waals surface area contributed by atoms with E-state index in [2.05, 4.69) is 9.97 Å². The van der Waals surface area contributed by atoms with Gasteiger partial charge in [0.2, 0.25) is 5.88 Å². The summed E-state index contributed by atoms with van der Waals surface area (Å²) in [6.45, 7) is 5.20. The van der Waals surface area contributed by atoms with Gasteiger partial charge < -0.3 is 14.7 Å². The monoisotopic (exact) mass is 391 g/mol. The normalized spacial score (nSPS) is 16.6. The average Bonchev–Trinajstić information content (AvgIpc) is 3.06. The zero-order valence-electron chi connectivity index (χ0n) is 15.9. The molecule has 0 saturated carbocycles. The Labute approximate surface area is 162 Å². The quantitative estimate of drug-likeness (QED) is 0.775. The molecule has 28 heavy (non-hydrogen) atoms. The van der Waals surface area contributed by atoms with Crippen LogP contribution >= 0.6 is 0 Å². The molecule has 1 N–H and O–H groups in total. The van der Waals surface area contributed by atoms with E-state index in [1.165, 1.54) is 24.5 Å². The Bertz CT molecular complexity index is 837. The molecule has 1 aliphatic heterocycles. The zero-order valence-corrected chi connectivity index (χ0v) is 15.9. The van der Waals surface area contributed by atoms with Crippen molar-refractivity contribution in [1.82, 2.24) is 9.97 Å². The number of aromatic nitrogens is 2. The van der Waals surface area contributed by atoms with Gasteiger partial charge in [-0.3, -0.25) is 9.78 Å². The van der Waals surface area contributed by atoms with E-state index in [-0.39, 0.29) is 23.6 Å². The Morgan fingerprint density at radius 3 is 2.68 bits per heavy atom. The third kappa shape index (κ3) is 4.74. The molecule has 0 aliphatic carbocycles. The molecule has 0 radical (unpaired) electrons. The minimum Gasteiger partial charge on any atom is -0.481 e. The van der Waals surface area contributed by atoms with Crippen LogP contribution in [0, 0.1) is 23.5 Å². The van der Waals surface area contributed by atoms with Gasteiger partial charge in [0.1, 0.15) is 17.3 Å². The summed E-state index contributed by atoms with van der Waals surface area (Å²) >= 11 is 0. The van der Waals surface area contributed by atoms with E-state index in [4.69, 9.17) is 9.84 Å². The number of carboxylic acid groups (broad SMARTS) is 1. The first-order chi connectivity index (χ1) is 13.3. The number of rotatable bonds is 7. The van der Waals surface area contributed by atoms with Gasteiger partial charge in [0.25, 0.3) is 0 Å². The summed E-state index contributed by atoms with van der Waals surface area (Å²) in [6.07, 6.45) is 3.47. The van der Waals surface area contributed by atoms with Crippen LogP contribution in [0.25, 0.3) is 11.3 Å². The SMILES string of the molecule is CC(C)COc1cncc(-c2cc(F)c(N3CCC(CC(=O)O)C3)c(F)c2)n1. The molecule has 150 valence electrons. The lowest BCUT2D eigenvalue weighted by molar-refractivity contribution is -0.137. The molecular formula is C20H23F2N3O3. The van der Waals surface area contributed by atoms with Crippen molar-refractivity contribution < 1.29 is 23.4 Å². The molecule has 1 unspecified atom stereocenters. The summed E-state index contributed by atoms with van der Waals surface area (Å²) in [5.41, 5.74) is 0.454. The molecule has 0 spiro atoms. The number of aliphatic carboxylic acids is 1. The lowest BCUT2D eigenvalue weighted by Gasteiger charge is -2.20. The van der Waals surface area contributed by atoms with Gasteiger partial charge in [-0.25, -0.2) is 13.8 Å². The maximum Gasteiger partial charge on any atom is 0.303 e. The molecule has 1 saturated heterocycles. The number of nitrogens with zero attached hydrogens (tertiary/aromatic N) is 3. The minimum atomic E-state index is -0.902. The predicted octanol–water partition coefficient (Wildman–Crippen LogP) is 3.76. The molecule has 0 bridgehead atoms. The van der Waals surface area contributed by atoms with Gasteiger partial charge in [-0.15, -0.1) is 0 Å². The summed E-state index contributed by atoms with van der Waals surface area (Å²) in [5.74, 6) is -1.82. The highest BCUT2D eigenvalue weighted by atomic mass is 19.1. The highest BCUT2D eigenvalue weighted by molar-refractivity contribution is 5.68. The molecule has 1 aliphatic rings. The smallest absolute Gasteiger partial charge is 0.303 e. The summed E-state index contributed by atoms with van der Waals surface area (Å²) in [6, 6.07) is 2.44. The zero-order chi connectivity index (χ0) is 20.3. The Kier molecular flexibility index (Phi) is 6.06. The molecule has 2 aromatic rings. The van der Waals surface area contributed by atoms with E-state index < -0.39 is 17.6 Å². The number of hydrogen-bond acceptors (Lipinski definition) is 5. The van der Waals surface area contributed by atoms with Crippen LogP contribution in [0.3, 0.4) is 0 Å². The average molecular weight is 391 g/mol. The van der Waals surface area contributed by atoms with E-state index in [9.17, 15) is 13.6 Å². The second-order valence-electron chi connectivity index (χ2n) is 7.43. The molecule has 2 heterocycles. The highest BCUT2D eigenvalue weighted by Gasteiger charge is 2.28. The van der Waals surface area contributed by atoms with E-state index in [0.29, 0.717) is 43.6 Å². The van der Waals surface area contributed by atoms with Gasteiger partial charge in [0.05, 0.1) is 24.7 Å². The van der Waals surface area contributed by atoms with Gasteiger partial charge >= 0.3 is 5.97 Å². The number of carboxylic acids is 1. The van der Waals surface area contributed by atoms with Crippen LogP contribution in [-0.4, -0.2) is 40.7 Å². The van der Waals surface area contributed by atoms with E-state index in [0.717, 1.165) is 0 Å². The van der Waals surface area contributed by atoms with E-state index in [1.54, 1.807) is 4.90 Å². The van der Waals surface area contributed by atoms with Gasteiger partial charge in [0, 0.05) is 25.1 Å². The lowest BCUT2D eigenvalue weighted by atomic mass is 10.1. The Hall–Kier alpha value is -2.77. The van der Waals surface area contributed by atoms with Crippen molar-refractivity contribution in [3.63, 3.8) is 0 Å². The summed E-state index contributed by atoms with van der Waals surface area (Å²) < 4.78 is 35.0. The fourth-order valence-corrected chi connectivity index (χ4v) is 3.27. The first-order valence-corrected chi connectivity index (χ1v) is 9.24. The van der Waals surface area contributed by atoms with Gasteiger partial charge in [-0.2, -0.15) is 0 Å². The molecule has 1 aromatic heterocycles. The molecule has 1 atom stereocenters. The van der Waals surface area contributed by atoms with Crippen molar-refractivity contribution in [1.29, 1.82) is 0 Å². The summed E-state index contributed by atoms with van der Waals surface area (Å²) in [4.78, 5) is 20.7. The van der Waals surface area contributed by atoms with Crippen molar-refractivity contribution in [2.75, 3.05) is 24.6 Å². The summed E-state index contributed by atoms with van der Waals surface area (Å²) in [7, 11) is 0. The van der Waals surface area contributed by atoms with Crippen LogP contribution in [0.4, 0.5) is 14.5 Å². The second-order valence-corrected chi connectivity index (χ2v) is 7.43. The standard InChI is InChI=1S/C20H23F2N3O3/c1-12(2)11-28-18-9-23-8-17(24-18)14-6-15(21)20(16(22)7-14)25-4-3-13(10-25)5-19(26)27/h6-9,12-13H,3-5,10-11H2,1-2H3,(H,26,27). The largest absolute Gasteiger partial charge is 0.481 e. The molecule has 0 amide bonds. The Balaban J connectivity index is 1.81. The molecule has 8 heteroatoms. The minimum absolute atomic E-state index is 0.00339. The van der Waals surface area contributed by atoms with Crippen molar-refractivity contribution >= 4 is 11.7 Å². The van der Waals surface area contributed by atoms with Gasteiger partial charge in [0.15, 0.2) is 0 Å². The van der Waals surface area contributed by atoms with Crippen LogP contribution in [0.1, 0.15) is 26.7 Å². The Morgan fingerprint density at radius 2 is 2.04 bits per heavy atom. The number of benzene rings is 1. The second kappa shape index (κ2) is 8.50. The van der Waals surface area contributed by atoms with Gasteiger partial charge in [-0.05, 0) is 30.4 Å². The van der Waals surface area contributed by atoms with Crippen LogP contribution in [0.2, 0.25) is 0 Å². The lowest BCUT2D eigenvalue weighted by Crippen LogP contribution is -2.23. The fraction of sp³-hybridized carbons (Fsp3) is 0.450. The molecule has 1 fully saturated rings. The number of anilines is 1. The number of halogens is 2. The number of hydrogen-bond donors (Lipinski definition) is 1. The maximum atomic E-state index is 14.7. The van der Waals surface area contributed by atoms with Crippen LogP contribution in [-0.2, 0) is 4.79 Å². The fourth-order valence-electron chi connectivity index (χ4n) is 3.27. The third-order valence-corrected chi connectivity index (χ3v) is 4.56.